The SMILES string of the molecule is C=CCC(C(=O)OC)(c1ccc(OC)c(Cl)c1)N(CC)c1ccc(OC)cc1. The Hall–Kier alpha value is -2.66. The molecule has 0 heterocycles. The van der Waals surface area contributed by atoms with Gasteiger partial charge in [-0.25, -0.2) is 4.79 Å². The molecular formula is C22H26ClNO4. The van der Waals surface area contributed by atoms with E-state index in [1.54, 1.807) is 32.4 Å². The summed E-state index contributed by atoms with van der Waals surface area (Å²) in [5, 5.41) is 0.420. The summed E-state index contributed by atoms with van der Waals surface area (Å²) in [6.07, 6.45) is 2.05. The molecule has 5 nitrogen and oxygen atoms in total. The van der Waals surface area contributed by atoms with Crippen LogP contribution >= 0.6 is 11.6 Å². The first-order valence-corrected chi connectivity index (χ1v) is 9.31. The first-order valence-electron chi connectivity index (χ1n) is 8.93. The number of anilines is 1. The number of ether oxygens (including phenoxy) is 3. The molecule has 6 heteroatoms. The zero-order valence-electron chi connectivity index (χ0n) is 16.7. The topological polar surface area (TPSA) is 48.0 Å². The number of likely N-dealkylation sites (N-methyl/N-ethyl adjacent to an activating group) is 1. The molecule has 0 bridgehead atoms. The van der Waals surface area contributed by atoms with Gasteiger partial charge < -0.3 is 19.1 Å². The van der Waals surface area contributed by atoms with Crippen LogP contribution in [0.25, 0.3) is 0 Å². The lowest BCUT2D eigenvalue weighted by Gasteiger charge is -2.42. The molecule has 0 N–H and O–H groups in total. The van der Waals surface area contributed by atoms with E-state index in [0.29, 0.717) is 29.3 Å². The van der Waals surface area contributed by atoms with E-state index < -0.39 is 11.5 Å². The van der Waals surface area contributed by atoms with Gasteiger partial charge >= 0.3 is 5.97 Å². The number of halogens is 1. The van der Waals surface area contributed by atoms with Crippen LogP contribution < -0.4 is 14.4 Å². The lowest BCUT2D eigenvalue weighted by molar-refractivity contribution is -0.147. The number of esters is 1. The van der Waals surface area contributed by atoms with Gasteiger partial charge in [0.25, 0.3) is 0 Å². The molecule has 0 aliphatic carbocycles. The number of methoxy groups -OCH3 is 3. The Bertz CT molecular complexity index is 822. The summed E-state index contributed by atoms with van der Waals surface area (Å²) in [5.74, 6) is 0.876. The first-order chi connectivity index (χ1) is 13.5. The molecule has 0 saturated heterocycles. The summed E-state index contributed by atoms with van der Waals surface area (Å²) in [5.41, 5.74) is 0.417. The average Bonchev–Trinajstić information content (AvgIpc) is 2.73. The van der Waals surface area contributed by atoms with Crippen molar-refractivity contribution < 1.29 is 19.0 Å². The standard InChI is InChI=1S/C22H26ClNO4/c1-6-14-22(21(25)28-5,16-8-13-20(27-4)19(23)15-16)24(7-2)17-9-11-18(26-3)12-10-17/h6,8-13,15H,1,7,14H2,2-5H3. The summed E-state index contributed by atoms with van der Waals surface area (Å²) in [6, 6.07) is 12.9. The molecule has 1 atom stereocenters. The molecule has 0 aromatic heterocycles. The molecular weight excluding hydrogens is 378 g/mol. The van der Waals surface area contributed by atoms with E-state index in [0.717, 1.165) is 11.4 Å². The van der Waals surface area contributed by atoms with Gasteiger partial charge in [-0.2, -0.15) is 0 Å². The van der Waals surface area contributed by atoms with Crippen LogP contribution in [-0.4, -0.2) is 33.8 Å². The van der Waals surface area contributed by atoms with Crippen molar-refractivity contribution in [1.29, 1.82) is 0 Å². The average molecular weight is 404 g/mol. The van der Waals surface area contributed by atoms with Crippen molar-refractivity contribution in [2.75, 3.05) is 32.8 Å². The zero-order valence-corrected chi connectivity index (χ0v) is 17.5. The molecule has 28 heavy (non-hydrogen) atoms. The summed E-state index contributed by atoms with van der Waals surface area (Å²) in [4.78, 5) is 15.2. The Kier molecular flexibility index (Phi) is 7.35. The van der Waals surface area contributed by atoms with E-state index in [1.165, 1.54) is 7.11 Å². The molecule has 1 unspecified atom stereocenters. The van der Waals surface area contributed by atoms with Crippen molar-refractivity contribution in [1.82, 2.24) is 0 Å². The maximum atomic E-state index is 13.2. The highest BCUT2D eigenvalue weighted by Crippen LogP contribution is 2.40. The third-order valence-electron chi connectivity index (χ3n) is 4.75. The van der Waals surface area contributed by atoms with Gasteiger partial charge in [-0.15, -0.1) is 6.58 Å². The molecule has 0 aliphatic rings. The van der Waals surface area contributed by atoms with Crippen LogP contribution in [0.1, 0.15) is 18.9 Å². The Morgan fingerprint density at radius 1 is 1.14 bits per heavy atom. The minimum atomic E-state index is -1.13. The second-order valence-corrected chi connectivity index (χ2v) is 6.54. The van der Waals surface area contributed by atoms with E-state index in [4.69, 9.17) is 25.8 Å². The quantitative estimate of drug-likeness (QED) is 0.443. The van der Waals surface area contributed by atoms with Gasteiger partial charge in [-0.05, 0) is 48.9 Å². The highest BCUT2D eigenvalue weighted by Gasteiger charge is 2.46. The van der Waals surface area contributed by atoms with Crippen LogP contribution in [0.2, 0.25) is 5.02 Å². The Morgan fingerprint density at radius 3 is 2.29 bits per heavy atom. The second kappa shape index (κ2) is 9.51. The number of benzene rings is 2. The number of carbonyl (C=O) groups is 1. The predicted molar refractivity (Wildman–Crippen MR) is 113 cm³/mol. The van der Waals surface area contributed by atoms with Crippen molar-refractivity contribution in [3.63, 3.8) is 0 Å². The lowest BCUT2D eigenvalue weighted by Crippen LogP contribution is -2.53. The van der Waals surface area contributed by atoms with Crippen LogP contribution in [0.3, 0.4) is 0 Å². The van der Waals surface area contributed by atoms with Crippen LogP contribution in [0.5, 0.6) is 11.5 Å². The smallest absolute Gasteiger partial charge is 0.336 e. The molecule has 0 aliphatic heterocycles. The van der Waals surface area contributed by atoms with Crippen molar-refractivity contribution in [3.8, 4) is 11.5 Å². The lowest BCUT2D eigenvalue weighted by atomic mass is 9.83. The van der Waals surface area contributed by atoms with Crippen LogP contribution in [-0.2, 0) is 15.1 Å². The number of rotatable bonds is 9. The monoisotopic (exact) mass is 403 g/mol. The highest BCUT2D eigenvalue weighted by atomic mass is 35.5. The van der Waals surface area contributed by atoms with Crippen LogP contribution in [0, 0.1) is 0 Å². The summed E-state index contributed by atoms with van der Waals surface area (Å²) >= 11 is 6.38. The van der Waals surface area contributed by atoms with Gasteiger partial charge in [0, 0.05) is 18.7 Å². The van der Waals surface area contributed by atoms with Crippen molar-refractivity contribution in [3.05, 3.63) is 65.7 Å². The maximum Gasteiger partial charge on any atom is 0.336 e. The number of hydrogen-bond acceptors (Lipinski definition) is 5. The van der Waals surface area contributed by atoms with E-state index in [9.17, 15) is 4.79 Å². The minimum Gasteiger partial charge on any atom is -0.497 e. The van der Waals surface area contributed by atoms with Crippen molar-refractivity contribution in [2.24, 2.45) is 0 Å². The fourth-order valence-electron chi connectivity index (χ4n) is 3.43. The van der Waals surface area contributed by atoms with Gasteiger partial charge in [-0.1, -0.05) is 23.7 Å². The second-order valence-electron chi connectivity index (χ2n) is 6.14. The molecule has 0 amide bonds. The number of carbonyl (C=O) groups excluding carboxylic acids is 1. The van der Waals surface area contributed by atoms with Gasteiger partial charge in [0.05, 0.1) is 26.4 Å². The van der Waals surface area contributed by atoms with Crippen LogP contribution in [0.4, 0.5) is 5.69 Å². The van der Waals surface area contributed by atoms with Gasteiger partial charge in [-0.3, -0.25) is 0 Å². The normalized spacial score (nSPS) is 12.6. The Balaban J connectivity index is 2.72. The zero-order chi connectivity index (χ0) is 20.7. The fourth-order valence-corrected chi connectivity index (χ4v) is 3.69. The highest BCUT2D eigenvalue weighted by molar-refractivity contribution is 6.32. The Labute approximate surface area is 171 Å². The largest absolute Gasteiger partial charge is 0.497 e. The molecule has 2 aromatic carbocycles. The summed E-state index contributed by atoms with van der Waals surface area (Å²) in [6.45, 7) is 6.41. The molecule has 2 rings (SSSR count). The van der Waals surface area contributed by atoms with E-state index in [1.807, 2.05) is 42.2 Å². The third-order valence-corrected chi connectivity index (χ3v) is 5.05. The van der Waals surface area contributed by atoms with Gasteiger partial charge in [0.1, 0.15) is 11.5 Å². The summed E-state index contributed by atoms with van der Waals surface area (Å²) in [7, 11) is 4.55. The van der Waals surface area contributed by atoms with E-state index in [2.05, 4.69) is 6.58 Å². The molecule has 0 saturated carbocycles. The van der Waals surface area contributed by atoms with E-state index in [-0.39, 0.29) is 0 Å². The molecule has 0 radical (unpaired) electrons. The first kappa shape index (κ1) is 21.6. The molecule has 150 valence electrons. The molecule has 0 fully saturated rings. The van der Waals surface area contributed by atoms with Gasteiger partial charge in [0.2, 0.25) is 0 Å². The van der Waals surface area contributed by atoms with Crippen LogP contribution in [0.15, 0.2) is 55.1 Å². The summed E-state index contributed by atoms with van der Waals surface area (Å²) < 4.78 is 15.8. The number of nitrogens with zero attached hydrogens (tertiary/aromatic N) is 1. The number of hydrogen-bond donors (Lipinski definition) is 0. The minimum absolute atomic E-state index is 0.336. The van der Waals surface area contributed by atoms with Gasteiger partial charge in [0.15, 0.2) is 5.54 Å². The predicted octanol–water partition coefficient (Wildman–Crippen LogP) is 4.83. The van der Waals surface area contributed by atoms with Crippen molar-refractivity contribution in [2.45, 2.75) is 18.9 Å². The maximum absolute atomic E-state index is 13.2. The van der Waals surface area contributed by atoms with Crippen molar-refractivity contribution >= 4 is 23.3 Å². The Morgan fingerprint density at radius 2 is 1.82 bits per heavy atom. The third kappa shape index (κ3) is 3.94. The fraction of sp³-hybridized carbons (Fsp3) is 0.318. The van der Waals surface area contributed by atoms with E-state index >= 15 is 0 Å². The molecule has 2 aromatic rings. The molecule has 0 spiro atoms.